The number of benzene rings is 1. The molecule has 0 spiro atoms. The Kier molecular flexibility index (Phi) is 2.89. The van der Waals surface area contributed by atoms with Gasteiger partial charge in [0.15, 0.2) is 0 Å². The number of carbonyl (C=O) groups is 2. The number of fused-ring (bicyclic) bond motifs is 1. The van der Waals surface area contributed by atoms with Crippen molar-refractivity contribution >= 4 is 23.2 Å². The van der Waals surface area contributed by atoms with E-state index in [1.807, 2.05) is 18.2 Å². The third-order valence-corrected chi connectivity index (χ3v) is 3.80. The van der Waals surface area contributed by atoms with Crippen LogP contribution in [0.25, 0.3) is 0 Å². The maximum absolute atomic E-state index is 12.3. The van der Waals surface area contributed by atoms with Crippen LogP contribution in [0.4, 0.5) is 11.4 Å². The Morgan fingerprint density at radius 3 is 2.84 bits per heavy atom. The Bertz CT molecular complexity index is 541. The lowest BCUT2D eigenvalue weighted by molar-refractivity contribution is -0.132. The summed E-state index contributed by atoms with van der Waals surface area (Å²) in [4.78, 5) is 27.3. The fourth-order valence-corrected chi connectivity index (χ4v) is 2.80. The van der Waals surface area contributed by atoms with Gasteiger partial charge in [0.1, 0.15) is 6.54 Å². The number of carbonyl (C=O) groups excluding carboxylic acids is 2. The third kappa shape index (κ3) is 2.16. The van der Waals surface area contributed by atoms with Crippen LogP contribution in [0.3, 0.4) is 0 Å². The number of nitrogens with two attached hydrogens (primary N) is 1. The molecule has 0 saturated carbocycles. The third-order valence-electron chi connectivity index (χ3n) is 3.80. The second-order valence-corrected chi connectivity index (χ2v) is 5.10. The standard InChI is InChI=1S/C14H17N3O2/c15-11-3-4-12-10(8-11)5-7-17(12)14(19)9-16-6-1-2-13(16)18/h3-4,8H,1-2,5-7,9,15H2. The molecule has 2 N–H and O–H groups in total. The van der Waals surface area contributed by atoms with Crippen LogP contribution >= 0.6 is 0 Å². The molecular weight excluding hydrogens is 242 g/mol. The van der Waals surface area contributed by atoms with Crippen LogP contribution in [-0.4, -0.2) is 36.3 Å². The zero-order valence-electron chi connectivity index (χ0n) is 10.8. The first-order valence-electron chi connectivity index (χ1n) is 6.62. The number of anilines is 2. The van der Waals surface area contributed by atoms with Gasteiger partial charge in [-0.3, -0.25) is 9.59 Å². The van der Waals surface area contributed by atoms with Crippen molar-refractivity contribution in [1.29, 1.82) is 0 Å². The van der Waals surface area contributed by atoms with Crippen LogP contribution < -0.4 is 10.6 Å². The first kappa shape index (κ1) is 12.0. The van der Waals surface area contributed by atoms with E-state index in [0.29, 0.717) is 19.5 Å². The van der Waals surface area contributed by atoms with E-state index in [2.05, 4.69) is 0 Å². The predicted octanol–water partition coefficient (Wildman–Crippen LogP) is 0.780. The van der Waals surface area contributed by atoms with Crippen molar-refractivity contribution in [2.75, 3.05) is 30.3 Å². The lowest BCUT2D eigenvalue weighted by atomic mass is 10.1. The molecule has 0 radical (unpaired) electrons. The lowest BCUT2D eigenvalue weighted by Gasteiger charge is -2.21. The summed E-state index contributed by atoms with van der Waals surface area (Å²) in [5.41, 5.74) is 8.52. The highest BCUT2D eigenvalue weighted by molar-refractivity contribution is 5.98. The molecule has 19 heavy (non-hydrogen) atoms. The van der Waals surface area contributed by atoms with E-state index in [-0.39, 0.29) is 18.4 Å². The molecule has 2 aliphatic heterocycles. The van der Waals surface area contributed by atoms with E-state index in [4.69, 9.17) is 5.73 Å². The first-order chi connectivity index (χ1) is 9.15. The van der Waals surface area contributed by atoms with Crippen molar-refractivity contribution < 1.29 is 9.59 Å². The summed E-state index contributed by atoms with van der Waals surface area (Å²) in [6.45, 7) is 1.58. The summed E-state index contributed by atoms with van der Waals surface area (Å²) in [5.74, 6) is 0.0869. The molecule has 1 saturated heterocycles. The molecule has 0 bridgehead atoms. The molecular formula is C14H17N3O2. The molecule has 2 heterocycles. The maximum Gasteiger partial charge on any atom is 0.246 e. The summed E-state index contributed by atoms with van der Waals surface area (Å²) in [6.07, 6.45) is 2.26. The average molecular weight is 259 g/mol. The van der Waals surface area contributed by atoms with Crippen molar-refractivity contribution in [3.63, 3.8) is 0 Å². The number of nitrogen functional groups attached to an aromatic ring is 1. The summed E-state index contributed by atoms with van der Waals surface area (Å²) in [5, 5.41) is 0. The maximum atomic E-state index is 12.3. The summed E-state index contributed by atoms with van der Waals surface area (Å²) >= 11 is 0. The zero-order chi connectivity index (χ0) is 13.4. The molecule has 2 amide bonds. The quantitative estimate of drug-likeness (QED) is 0.798. The molecule has 1 aromatic rings. The van der Waals surface area contributed by atoms with Crippen LogP contribution in [-0.2, 0) is 16.0 Å². The molecule has 0 aliphatic carbocycles. The van der Waals surface area contributed by atoms with Gasteiger partial charge < -0.3 is 15.5 Å². The van der Waals surface area contributed by atoms with Crippen molar-refractivity contribution in [2.24, 2.45) is 0 Å². The van der Waals surface area contributed by atoms with E-state index in [9.17, 15) is 9.59 Å². The Hall–Kier alpha value is -2.04. The largest absolute Gasteiger partial charge is 0.399 e. The Morgan fingerprint density at radius 2 is 2.11 bits per heavy atom. The minimum Gasteiger partial charge on any atom is -0.399 e. The number of likely N-dealkylation sites (tertiary alicyclic amines) is 1. The van der Waals surface area contributed by atoms with Gasteiger partial charge in [0, 0.05) is 30.9 Å². The molecule has 0 atom stereocenters. The van der Waals surface area contributed by atoms with Gasteiger partial charge in [-0.1, -0.05) is 0 Å². The fraction of sp³-hybridized carbons (Fsp3) is 0.429. The SMILES string of the molecule is Nc1ccc2c(c1)CCN2C(=O)CN1CCCC1=O. The number of hydrogen-bond donors (Lipinski definition) is 1. The van der Waals surface area contributed by atoms with Gasteiger partial charge in [-0.2, -0.15) is 0 Å². The Balaban J connectivity index is 1.74. The number of amides is 2. The van der Waals surface area contributed by atoms with E-state index in [1.54, 1.807) is 9.80 Å². The molecule has 2 aliphatic rings. The van der Waals surface area contributed by atoms with Gasteiger partial charge >= 0.3 is 0 Å². The summed E-state index contributed by atoms with van der Waals surface area (Å²) in [7, 11) is 0. The number of nitrogens with zero attached hydrogens (tertiary/aromatic N) is 2. The molecule has 1 aromatic carbocycles. The molecule has 0 unspecified atom stereocenters. The van der Waals surface area contributed by atoms with E-state index >= 15 is 0 Å². The van der Waals surface area contributed by atoms with E-state index in [1.165, 1.54) is 0 Å². The van der Waals surface area contributed by atoms with Crippen molar-refractivity contribution in [2.45, 2.75) is 19.3 Å². The topological polar surface area (TPSA) is 66.6 Å². The van der Waals surface area contributed by atoms with Gasteiger partial charge in [-0.25, -0.2) is 0 Å². The van der Waals surface area contributed by atoms with Gasteiger partial charge in [-0.15, -0.1) is 0 Å². The first-order valence-corrected chi connectivity index (χ1v) is 6.62. The van der Waals surface area contributed by atoms with Crippen molar-refractivity contribution in [3.8, 4) is 0 Å². The van der Waals surface area contributed by atoms with Gasteiger partial charge in [-0.05, 0) is 36.6 Å². The van der Waals surface area contributed by atoms with Gasteiger partial charge in [0.25, 0.3) is 0 Å². The smallest absolute Gasteiger partial charge is 0.246 e. The van der Waals surface area contributed by atoms with Crippen molar-refractivity contribution in [1.82, 2.24) is 4.90 Å². The Morgan fingerprint density at radius 1 is 1.26 bits per heavy atom. The number of rotatable bonds is 2. The van der Waals surface area contributed by atoms with Crippen LogP contribution in [0.2, 0.25) is 0 Å². The van der Waals surface area contributed by atoms with Crippen LogP contribution in [0.1, 0.15) is 18.4 Å². The van der Waals surface area contributed by atoms with Crippen LogP contribution in [0.15, 0.2) is 18.2 Å². The Labute approximate surface area is 112 Å². The lowest BCUT2D eigenvalue weighted by Crippen LogP contribution is -2.40. The average Bonchev–Trinajstić information content (AvgIpc) is 2.96. The number of hydrogen-bond acceptors (Lipinski definition) is 3. The minimum atomic E-state index is -0.00114. The second-order valence-electron chi connectivity index (χ2n) is 5.10. The second kappa shape index (κ2) is 4.57. The van der Waals surface area contributed by atoms with Crippen LogP contribution in [0, 0.1) is 0 Å². The monoisotopic (exact) mass is 259 g/mol. The fourth-order valence-electron chi connectivity index (χ4n) is 2.80. The summed E-state index contributed by atoms with van der Waals surface area (Å²) < 4.78 is 0. The predicted molar refractivity (Wildman–Crippen MR) is 72.7 cm³/mol. The highest BCUT2D eigenvalue weighted by atomic mass is 16.2. The highest BCUT2D eigenvalue weighted by Crippen LogP contribution is 2.29. The van der Waals surface area contributed by atoms with Gasteiger partial charge in [0.2, 0.25) is 11.8 Å². The zero-order valence-corrected chi connectivity index (χ0v) is 10.8. The molecule has 100 valence electrons. The normalized spacial score (nSPS) is 18.0. The molecule has 5 nitrogen and oxygen atoms in total. The molecule has 0 aromatic heterocycles. The van der Waals surface area contributed by atoms with E-state index in [0.717, 1.165) is 29.8 Å². The minimum absolute atomic E-state index is 0.00114. The highest BCUT2D eigenvalue weighted by Gasteiger charge is 2.28. The van der Waals surface area contributed by atoms with Crippen LogP contribution in [0.5, 0.6) is 0 Å². The van der Waals surface area contributed by atoms with Crippen molar-refractivity contribution in [3.05, 3.63) is 23.8 Å². The molecule has 1 fully saturated rings. The van der Waals surface area contributed by atoms with E-state index < -0.39 is 0 Å². The van der Waals surface area contributed by atoms with Gasteiger partial charge in [0.05, 0.1) is 0 Å². The molecule has 5 heteroatoms. The summed E-state index contributed by atoms with van der Waals surface area (Å²) in [6, 6.07) is 5.62. The molecule has 3 rings (SSSR count).